The lowest BCUT2D eigenvalue weighted by molar-refractivity contribution is -0.136. The first-order chi connectivity index (χ1) is 5.41. The van der Waals surface area contributed by atoms with E-state index in [-0.39, 0.29) is 23.1 Å². The minimum absolute atomic E-state index is 0. The summed E-state index contributed by atoms with van der Waals surface area (Å²) in [5.41, 5.74) is 3.89. The second-order valence-electron chi connectivity index (χ2n) is 2.23. The van der Waals surface area contributed by atoms with E-state index in [2.05, 4.69) is 0 Å². The van der Waals surface area contributed by atoms with Crippen LogP contribution in [0, 0.1) is 0 Å². The summed E-state index contributed by atoms with van der Waals surface area (Å²) in [4.78, 5) is 0. The molecule has 1 aromatic carbocycles. The SMILES string of the molecule is Cl.Nc1ccc(Cl)cc1C(F)(F)F. The van der Waals surface area contributed by atoms with Gasteiger partial charge in [0.25, 0.3) is 0 Å². The van der Waals surface area contributed by atoms with Crippen LogP contribution < -0.4 is 5.73 Å². The molecule has 0 fully saturated rings. The number of alkyl halides is 3. The molecule has 0 aliphatic heterocycles. The van der Waals surface area contributed by atoms with Gasteiger partial charge in [-0.25, -0.2) is 0 Å². The smallest absolute Gasteiger partial charge is 0.398 e. The van der Waals surface area contributed by atoms with E-state index in [1.54, 1.807) is 0 Å². The van der Waals surface area contributed by atoms with Crippen LogP contribution in [-0.4, -0.2) is 0 Å². The number of hydrogen-bond donors (Lipinski definition) is 1. The first-order valence-electron chi connectivity index (χ1n) is 3.03. The molecule has 0 aliphatic rings. The van der Waals surface area contributed by atoms with Crippen LogP contribution in [-0.2, 0) is 6.18 Å². The lowest BCUT2D eigenvalue weighted by atomic mass is 10.2. The molecule has 0 saturated heterocycles. The molecule has 0 bridgehead atoms. The highest BCUT2D eigenvalue weighted by atomic mass is 35.5. The van der Waals surface area contributed by atoms with Crippen molar-refractivity contribution in [2.24, 2.45) is 0 Å². The molecule has 13 heavy (non-hydrogen) atoms. The van der Waals surface area contributed by atoms with Gasteiger partial charge in [-0.05, 0) is 18.2 Å². The fourth-order valence-electron chi connectivity index (χ4n) is 0.774. The first kappa shape index (κ1) is 12.4. The minimum Gasteiger partial charge on any atom is -0.398 e. The van der Waals surface area contributed by atoms with Gasteiger partial charge in [0.15, 0.2) is 0 Å². The fraction of sp³-hybridized carbons (Fsp3) is 0.143. The van der Waals surface area contributed by atoms with Gasteiger partial charge in [0, 0.05) is 10.7 Å². The molecule has 0 saturated carbocycles. The summed E-state index contributed by atoms with van der Waals surface area (Å²) in [7, 11) is 0. The van der Waals surface area contributed by atoms with Gasteiger partial charge in [-0.2, -0.15) is 13.2 Å². The van der Waals surface area contributed by atoms with Crippen LogP contribution >= 0.6 is 24.0 Å². The Labute approximate surface area is 84.1 Å². The first-order valence-corrected chi connectivity index (χ1v) is 3.41. The van der Waals surface area contributed by atoms with Crippen molar-refractivity contribution in [2.45, 2.75) is 6.18 Å². The van der Waals surface area contributed by atoms with Gasteiger partial charge in [0.2, 0.25) is 0 Å². The van der Waals surface area contributed by atoms with Crippen molar-refractivity contribution in [3.8, 4) is 0 Å². The van der Waals surface area contributed by atoms with E-state index in [0.717, 1.165) is 12.1 Å². The van der Waals surface area contributed by atoms with Crippen molar-refractivity contribution >= 4 is 29.7 Å². The van der Waals surface area contributed by atoms with Crippen molar-refractivity contribution in [3.05, 3.63) is 28.8 Å². The Balaban J connectivity index is 0.00000144. The molecule has 0 atom stereocenters. The maximum atomic E-state index is 12.1. The summed E-state index contributed by atoms with van der Waals surface area (Å²) in [6, 6.07) is 3.24. The Morgan fingerprint density at radius 3 is 2.15 bits per heavy atom. The zero-order valence-corrected chi connectivity index (χ0v) is 7.80. The third-order valence-corrected chi connectivity index (χ3v) is 1.56. The summed E-state index contributed by atoms with van der Waals surface area (Å²) >= 11 is 5.37. The third kappa shape index (κ3) is 2.97. The van der Waals surface area contributed by atoms with Crippen LogP contribution in [0.15, 0.2) is 18.2 Å². The molecule has 1 nitrogen and oxygen atoms in total. The number of nitrogen functional groups attached to an aromatic ring is 1. The van der Waals surface area contributed by atoms with Crippen molar-refractivity contribution in [3.63, 3.8) is 0 Å². The summed E-state index contributed by atoms with van der Waals surface area (Å²) in [5, 5.41) is 0.0246. The van der Waals surface area contributed by atoms with Crippen molar-refractivity contribution in [2.75, 3.05) is 5.73 Å². The summed E-state index contributed by atoms with van der Waals surface area (Å²) in [6.45, 7) is 0. The van der Waals surface area contributed by atoms with Gasteiger partial charge in [0.05, 0.1) is 5.56 Å². The zero-order chi connectivity index (χ0) is 9.35. The molecule has 0 heterocycles. The normalized spacial score (nSPS) is 10.8. The molecule has 1 aromatic rings. The maximum Gasteiger partial charge on any atom is 0.418 e. The molecule has 2 N–H and O–H groups in total. The average molecular weight is 232 g/mol. The van der Waals surface area contributed by atoms with Gasteiger partial charge >= 0.3 is 6.18 Å². The Hall–Kier alpha value is -0.610. The van der Waals surface area contributed by atoms with Crippen LogP contribution in [0.1, 0.15) is 5.56 Å². The summed E-state index contributed by atoms with van der Waals surface area (Å²) < 4.78 is 36.3. The predicted octanol–water partition coefficient (Wildman–Crippen LogP) is 3.36. The van der Waals surface area contributed by atoms with Crippen LogP contribution in [0.3, 0.4) is 0 Å². The summed E-state index contributed by atoms with van der Waals surface area (Å²) in [5.74, 6) is 0. The van der Waals surface area contributed by atoms with Crippen LogP contribution in [0.4, 0.5) is 18.9 Å². The van der Waals surface area contributed by atoms with E-state index >= 15 is 0 Å². The second kappa shape index (κ2) is 4.07. The largest absolute Gasteiger partial charge is 0.418 e. The van der Waals surface area contributed by atoms with Gasteiger partial charge in [-0.3, -0.25) is 0 Å². The lowest BCUT2D eigenvalue weighted by Gasteiger charge is -2.09. The molecule has 1 rings (SSSR count). The van der Waals surface area contributed by atoms with Crippen LogP contribution in [0.2, 0.25) is 5.02 Å². The van der Waals surface area contributed by atoms with Gasteiger partial charge in [-0.15, -0.1) is 12.4 Å². The van der Waals surface area contributed by atoms with Gasteiger partial charge in [0.1, 0.15) is 0 Å². The van der Waals surface area contributed by atoms with E-state index in [4.69, 9.17) is 17.3 Å². The zero-order valence-electron chi connectivity index (χ0n) is 6.23. The predicted molar refractivity (Wildman–Crippen MR) is 48.1 cm³/mol. The Morgan fingerprint density at radius 2 is 1.77 bits per heavy atom. The molecule has 0 aromatic heterocycles. The number of hydrogen-bond acceptors (Lipinski definition) is 1. The highest BCUT2D eigenvalue weighted by Crippen LogP contribution is 2.34. The van der Waals surface area contributed by atoms with Crippen LogP contribution in [0.25, 0.3) is 0 Å². The van der Waals surface area contributed by atoms with E-state index in [1.165, 1.54) is 6.07 Å². The third-order valence-electron chi connectivity index (χ3n) is 1.32. The molecule has 0 radical (unpaired) electrons. The number of benzene rings is 1. The van der Waals surface area contributed by atoms with Crippen LogP contribution in [0.5, 0.6) is 0 Å². The Morgan fingerprint density at radius 1 is 1.23 bits per heavy atom. The van der Waals surface area contributed by atoms with Crippen molar-refractivity contribution in [1.29, 1.82) is 0 Å². The number of halogens is 5. The Bertz CT molecular complexity index is 298. The van der Waals surface area contributed by atoms with E-state index in [1.807, 2.05) is 0 Å². The highest BCUT2D eigenvalue weighted by molar-refractivity contribution is 6.30. The van der Waals surface area contributed by atoms with Crippen molar-refractivity contribution < 1.29 is 13.2 Å². The van der Waals surface area contributed by atoms with Gasteiger partial charge in [-0.1, -0.05) is 11.6 Å². The van der Waals surface area contributed by atoms with E-state index in [0.29, 0.717) is 0 Å². The quantitative estimate of drug-likeness (QED) is 0.682. The van der Waals surface area contributed by atoms with E-state index in [9.17, 15) is 13.2 Å². The molecule has 0 unspecified atom stereocenters. The molecule has 0 spiro atoms. The second-order valence-corrected chi connectivity index (χ2v) is 2.67. The number of anilines is 1. The Kier molecular flexibility index (Phi) is 3.88. The number of nitrogens with two attached hydrogens (primary N) is 1. The topological polar surface area (TPSA) is 26.0 Å². The standard InChI is InChI=1S/C7H5ClF3N.ClH/c8-4-1-2-6(12)5(3-4)7(9,10)11;/h1-3H,12H2;1H. The molecular formula is C7H6Cl2F3N. The average Bonchev–Trinajstić information content (AvgIpc) is 1.92. The molecular weight excluding hydrogens is 226 g/mol. The van der Waals surface area contributed by atoms with Crippen molar-refractivity contribution in [1.82, 2.24) is 0 Å². The molecule has 6 heteroatoms. The molecule has 0 aliphatic carbocycles. The monoisotopic (exact) mass is 231 g/mol. The highest BCUT2D eigenvalue weighted by Gasteiger charge is 2.32. The number of rotatable bonds is 0. The van der Waals surface area contributed by atoms with Gasteiger partial charge < -0.3 is 5.73 Å². The molecule has 74 valence electrons. The lowest BCUT2D eigenvalue weighted by Crippen LogP contribution is -2.08. The summed E-state index contributed by atoms with van der Waals surface area (Å²) in [6.07, 6.45) is -4.44. The minimum atomic E-state index is -4.44. The van der Waals surface area contributed by atoms with E-state index < -0.39 is 11.7 Å². The fourth-order valence-corrected chi connectivity index (χ4v) is 0.946. The molecule has 0 amide bonds. The maximum absolute atomic E-state index is 12.1.